The number of rotatable bonds is 5. The number of aryl methyl sites for hydroxylation is 1. The van der Waals surface area contributed by atoms with Gasteiger partial charge in [-0.2, -0.15) is 0 Å². The van der Waals surface area contributed by atoms with Gasteiger partial charge in [0.1, 0.15) is 0 Å². The predicted molar refractivity (Wildman–Crippen MR) is 130 cm³/mol. The summed E-state index contributed by atoms with van der Waals surface area (Å²) in [6.07, 6.45) is 1.51. The van der Waals surface area contributed by atoms with E-state index in [4.69, 9.17) is 16.3 Å². The number of nitro benzene ring substituents is 1. The van der Waals surface area contributed by atoms with Crippen LogP contribution in [-0.2, 0) is 9.53 Å². The number of carbonyl (C=O) groups is 1. The number of hydrogen-bond donors (Lipinski definition) is 0. The van der Waals surface area contributed by atoms with E-state index in [1.54, 1.807) is 13.8 Å². The highest BCUT2D eigenvalue weighted by Crippen LogP contribution is 2.31. The maximum Gasteiger partial charge on any atom is 0.338 e. The number of ether oxygens (including phenoxy) is 1. The summed E-state index contributed by atoms with van der Waals surface area (Å²) in [7, 11) is 0. The molecule has 1 aromatic heterocycles. The lowest BCUT2D eigenvalue weighted by molar-refractivity contribution is -0.384. The van der Waals surface area contributed by atoms with Crippen molar-refractivity contribution in [2.75, 3.05) is 6.61 Å². The van der Waals surface area contributed by atoms with Gasteiger partial charge in [0.15, 0.2) is 4.80 Å². The molecule has 0 aliphatic carbocycles. The molecule has 0 N–H and O–H groups in total. The van der Waals surface area contributed by atoms with Crippen LogP contribution in [0.15, 0.2) is 63.5 Å². The Labute approximate surface area is 203 Å². The monoisotopic (exact) mass is 497 g/mol. The molecule has 2 heterocycles. The van der Waals surface area contributed by atoms with Gasteiger partial charge in [0, 0.05) is 22.7 Å². The van der Waals surface area contributed by atoms with Crippen molar-refractivity contribution in [1.82, 2.24) is 4.57 Å². The zero-order chi connectivity index (χ0) is 24.6. The number of thiazole rings is 1. The summed E-state index contributed by atoms with van der Waals surface area (Å²) >= 11 is 7.37. The Morgan fingerprint density at radius 2 is 1.97 bits per heavy atom. The van der Waals surface area contributed by atoms with Crippen LogP contribution in [0.2, 0.25) is 5.02 Å². The van der Waals surface area contributed by atoms with E-state index in [1.807, 2.05) is 31.2 Å². The number of halogens is 1. The van der Waals surface area contributed by atoms with Gasteiger partial charge in [-0.15, -0.1) is 0 Å². The zero-order valence-corrected chi connectivity index (χ0v) is 20.1. The second-order valence-electron chi connectivity index (χ2n) is 7.68. The zero-order valence-electron chi connectivity index (χ0n) is 18.6. The fraction of sp³-hybridized carbons (Fsp3) is 0.208. The van der Waals surface area contributed by atoms with Crippen molar-refractivity contribution in [3.63, 3.8) is 0 Å². The Morgan fingerprint density at radius 3 is 2.62 bits per heavy atom. The molecule has 0 unspecified atom stereocenters. The van der Waals surface area contributed by atoms with Crippen LogP contribution < -0.4 is 14.9 Å². The molecule has 0 radical (unpaired) electrons. The van der Waals surface area contributed by atoms with Gasteiger partial charge >= 0.3 is 5.97 Å². The largest absolute Gasteiger partial charge is 0.463 e. The molecule has 4 rings (SSSR count). The quantitative estimate of drug-likeness (QED) is 0.304. The van der Waals surface area contributed by atoms with Gasteiger partial charge in [0.2, 0.25) is 0 Å². The third-order valence-electron chi connectivity index (χ3n) is 5.39. The Balaban J connectivity index is 1.96. The van der Waals surface area contributed by atoms with E-state index >= 15 is 0 Å². The van der Waals surface area contributed by atoms with Crippen molar-refractivity contribution in [3.8, 4) is 0 Å². The third-order valence-corrected chi connectivity index (χ3v) is 6.71. The Hall–Kier alpha value is -3.56. The summed E-state index contributed by atoms with van der Waals surface area (Å²) < 4.78 is 7.03. The molecule has 0 saturated carbocycles. The molecule has 0 saturated heterocycles. The number of benzene rings is 2. The van der Waals surface area contributed by atoms with E-state index in [9.17, 15) is 19.7 Å². The minimum Gasteiger partial charge on any atom is -0.463 e. The van der Waals surface area contributed by atoms with E-state index in [1.165, 1.54) is 28.8 Å². The molecule has 8 nitrogen and oxygen atoms in total. The lowest BCUT2D eigenvalue weighted by atomic mass is 9.95. The van der Waals surface area contributed by atoms with Crippen molar-refractivity contribution in [3.05, 3.63) is 105 Å². The second kappa shape index (κ2) is 9.36. The molecular formula is C24H20ClN3O5S. The minimum atomic E-state index is -0.723. The van der Waals surface area contributed by atoms with Gasteiger partial charge in [0.05, 0.1) is 33.4 Å². The molecule has 174 valence electrons. The van der Waals surface area contributed by atoms with Crippen LogP contribution in [0.1, 0.15) is 36.6 Å². The van der Waals surface area contributed by atoms with E-state index in [0.29, 0.717) is 16.1 Å². The minimum absolute atomic E-state index is 0.138. The first-order valence-corrected chi connectivity index (χ1v) is 11.6. The van der Waals surface area contributed by atoms with Crippen LogP contribution in [0.5, 0.6) is 0 Å². The van der Waals surface area contributed by atoms with Gasteiger partial charge in [-0.3, -0.25) is 19.5 Å². The predicted octanol–water partition coefficient (Wildman–Crippen LogP) is 3.67. The first-order valence-electron chi connectivity index (χ1n) is 10.4. The maximum absolute atomic E-state index is 13.6. The molecule has 2 aromatic carbocycles. The normalized spacial score (nSPS) is 15.6. The Bertz CT molecular complexity index is 1520. The number of hydrogen-bond acceptors (Lipinski definition) is 7. The molecule has 0 amide bonds. The fourth-order valence-corrected chi connectivity index (χ4v) is 4.96. The Morgan fingerprint density at radius 1 is 1.26 bits per heavy atom. The van der Waals surface area contributed by atoms with Crippen LogP contribution in [0.4, 0.5) is 5.69 Å². The van der Waals surface area contributed by atoms with E-state index in [2.05, 4.69) is 4.99 Å². The standard InChI is InChI=1S/C24H20ClN3O5S/c1-4-33-23(30)20-14(3)26-24-27(21(20)15-7-5-13(2)6-8-15)22(29)19(34-24)12-16-11-17(28(31)32)9-10-18(16)25/h5-12,21H,4H2,1-3H3/b19-12+/t21-/m0/s1. The summed E-state index contributed by atoms with van der Waals surface area (Å²) in [6.45, 7) is 5.56. The summed E-state index contributed by atoms with van der Waals surface area (Å²) in [4.78, 5) is 42.0. The molecule has 1 aliphatic rings. The van der Waals surface area contributed by atoms with Crippen LogP contribution in [0.25, 0.3) is 6.08 Å². The van der Waals surface area contributed by atoms with Crippen LogP contribution >= 0.6 is 22.9 Å². The van der Waals surface area contributed by atoms with Gasteiger partial charge in [0.25, 0.3) is 11.2 Å². The van der Waals surface area contributed by atoms with Crippen molar-refractivity contribution in [2.24, 2.45) is 4.99 Å². The van der Waals surface area contributed by atoms with E-state index < -0.39 is 16.9 Å². The second-order valence-corrected chi connectivity index (χ2v) is 9.09. The van der Waals surface area contributed by atoms with Crippen molar-refractivity contribution in [2.45, 2.75) is 26.8 Å². The summed E-state index contributed by atoms with van der Waals surface area (Å²) in [6, 6.07) is 10.9. The maximum atomic E-state index is 13.6. The van der Waals surface area contributed by atoms with Crippen LogP contribution in [-0.4, -0.2) is 22.1 Å². The molecule has 0 bridgehead atoms. The average Bonchev–Trinajstić information content (AvgIpc) is 3.09. The number of esters is 1. The number of aromatic nitrogens is 1. The van der Waals surface area contributed by atoms with Crippen molar-refractivity contribution in [1.29, 1.82) is 0 Å². The van der Waals surface area contributed by atoms with E-state index in [-0.39, 0.29) is 33.0 Å². The van der Waals surface area contributed by atoms with Crippen LogP contribution in [0, 0.1) is 17.0 Å². The lowest BCUT2D eigenvalue weighted by Gasteiger charge is -2.24. The first kappa shape index (κ1) is 23.6. The van der Waals surface area contributed by atoms with Crippen molar-refractivity contribution < 1.29 is 14.5 Å². The van der Waals surface area contributed by atoms with Crippen LogP contribution in [0.3, 0.4) is 0 Å². The average molecular weight is 498 g/mol. The molecule has 1 aliphatic heterocycles. The third kappa shape index (κ3) is 4.32. The first-order chi connectivity index (χ1) is 16.2. The number of fused-ring (bicyclic) bond motifs is 1. The molecule has 1 atom stereocenters. The van der Waals surface area contributed by atoms with Gasteiger partial charge in [-0.05, 0) is 38.5 Å². The molecule has 0 fully saturated rings. The molecule has 10 heteroatoms. The van der Waals surface area contributed by atoms with Gasteiger partial charge in [-0.25, -0.2) is 9.79 Å². The lowest BCUT2D eigenvalue weighted by Crippen LogP contribution is -2.39. The number of nitro groups is 1. The number of nitrogens with zero attached hydrogens (tertiary/aromatic N) is 3. The summed E-state index contributed by atoms with van der Waals surface area (Å²) in [5, 5.41) is 11.5. The SMILES string of the molecule is CCOC(=O)C1=C(C)N=c2s/c(=C/c3cc([N+](=O)[O-])ccc3Cl)c(=O)n2[C@H]1c1ccc(C)cc1. The van der Waals surface area contributed by atoms with Gasteiger partial charge in [-0.1, -0.05) is 52.8 Å². The summed E-state index contributed by atoms with van der Waals surface area (Å²) in [5.41, 5.74) is 2.35. The van der Waals surface area contributed by atoms with E-state index in [0.717, 1.165) is 22.5 Å². The molecular weight excluding hydrogens is 478 g/mol. The number of non-ortho nitro benzene ring substituents is 1. The number of allylic oxidation sites excluding steroid dienone is 1. The smallest absolute Gasteiger partial charge is 0.338 e. The Kier molecular flexibility index (Phi) is 6.49. The highest BCUT2D eigenvalue weighted by Gasteiger charge is 2.33. The molecule has 34 heavy (non-hydrogen) atoms. The highest BCUT2D eigenvalue weighted by atomic mass is 35.5. The fourth-order valence-electron chi connectivity index (χ4n) is 3.75. The van der Waals surface area contributed by atoms with Crippen molar-refractivity contribution >= 4 is 40.7 Å². The molecule has 3 aromatic rings. The van der Waals surface area contributed by atoms with Gasteiger partial charge < -0.3 is 4.74 Å². The number of carbonyl (C=O) groups excluding carboxylic acids is 1. The highest BCUT2D eigenvalue weighted by molar-refractivity contribution is 7.07. The molecule has 0 spiro atoms. The summed E-state index contributed by atoms with van der Waals surface area (Å²) in [5.74, 6) is -0.537. The topological polar surface area (TPSA) is 104 Å².